The summed E-state index contributed by atoms with van der Waals surface area (Å²) in [6.07, 6.45) is 2.71. The maximum Gasteiger partial charge on any atom is 0.111 e. The van der Waals surface area contributed by atoms with E-state index in [1.165, 1.54) is 0 Å². The summed E-state index contributed by atoms with van der Waals surface area (Å²) in [5.41, 5.74) is 1.12. The number of aromatic nitrogens is 2. The molecular weight excluding hydrogens is 200 g/mol. The van der Waals surface area contributed by atoms with Crippen LogP contribution in [0.4, 0.5) is 0 Å². The zero-order valence-corrected chi connectivity index (χ0v) is 9.17. The Hall–Kier alpha value is -1.61. The van der Waals surface area contributed by atoms with Crippen LogP contribution in [0.2, 0.25) is 0 Å². The van der Waals surface area contributed by atoms with E-state index in [1.54, 1.807) is 4.68 Å². The molecule has 0 bridgehead atoms. The molecule has 0 aliphatic heterocycles. The second-order valence-electron chi connectivity index (χ2n) is 4.51. The van der Waals surface area contributed by atoms with Crippen LogP contribution in [0.1, 0.15) is 19.0 Å². The van der Waals surface area contributed by atoms with Crippen LogP contribution in [-0.4, -0.2) is 14.9 Å². The van der Waals surface area contributed by atoms with Crippen molar-refractivity contribution in [3.05, 3.63) is 48.3 Å². The Kier molecular flexibility index (Phi) is 1.91. The molecule has 1 N–H and O–H groups in total. The monoisotopic (exact) mass is 214 g/mol. The summed E-state index contributed by atoms with van der Waals surface area (Å²) >= 11 is 0. The Morgan fingerprint density at radius 1 is 1.31 bits per heavy atom. The highest BCUT2D eigenvalue weighted by Crippen LogP contribution is 2.50. The lowest BCUT2D eigenvalue weighted by Gasteiger charge is -2.04. The summed E-state index contributed by atoms with van der Waals surface area (Å²) < 4.78 is 1.80. The minimum absolute atomic E-state index is 0.326. The highest BCUT2D eigenvalue weighted by Gasteiger charge is 2.52. The van der Waals surface area contributed by atoms with Crippen molar-refractivity contribution < 1.29 is 5.11 Å². The van der Waals surface area contributed by atoms with E-state index in [4.69, 9.17) is 0 Å². The van der Waals surface area contributed by atoms with Crippen LogP contribution in [0, 0.1) is 5.92 Å². The predicted molar refractivity (Wildman–Crippen MR) is 61.2 cm³/mol. The van der Waals surface area contributed by atoms with Crippen molar-refractivity contribution in [2.45, 2.75) is 18.9 Å². The second-order valence-corrected chi connectivity index (χ2v) is 4.51. The van der Waals surface area contributed by atoms with Gasteiger partial charge in [-0.25, -0.2) is 4.68 Å². The number of aliphatic hydroxyl groups is 1. The van der Waals surface area contributed by atoms with Gasteiger partial charge in [-0.2, -0.15) is 5.10 Å². The van der Waals surface area contributed by atoms with Crippen molar-refractivity contribution in [2.24, 2.45) is 5.92 Å². The van der Waals surface area contributed by atoms with Gasteiger partial charge >= 0.3 is 0 Å². The Morgan fingerprint density at radius 3 is 2.62 bits per heavy atom. The third-order valence-corrected chi connectivity index (χ3v) is 3.33. The predicted octanol–water partition coefficient (Wildman–Crippen LogP) is 2.10. The molecule has 2 aromatic rings. The number of nitrogens with zero attached hydrogens (tertiary/aromatic N) is 2. The first kappa shape index (κ1) is 9.60. The number of benzene rings is 1. The molecular formula is C13H14N2O. The smallest absolute Gasteiger partial charge is 0.111 e. The summed E-state index contributed by atoms with van der Waals surface area (Å²) in [4.78, 5) is 0. The van der Waals surface area contributed by atoms with E-state index < -0.39 is 5.60 Å². The van der Waals surface area contributed by atoms with Crippen molar-refractivity contribution in [3.8, 4) is 5.69 Å². The third-order valence-electron chi connectivity index (χ3n) is 3.33. The lowest BCUT2D eigenvalue weighted by Crippen LogP contribution is -2.09. The summed E-state index contributed by atoms with van der Waals surface area (Å²) in [5, 5.41) is 14.6. The molecule has 2 atom stereocenters. The van der Waals surface area contributed by atoms with E-state index >= 15 is 0 Å². The fraction of sp³-hybridized carbons (Fsp3) is 0.308. The number of hydrogen-bond acceptors (Lipinski definition) is 2. The Labute approximate surface area is 94.3 Å². The van der Waals surface area contributed by atoms with Gasteiger partial charge in [0.25, 0.3) is 0 Å². The van der Waals surface area contributed by atoms with E-state index in [1.807, 2.05) is 49.5 Å². The van der Waals surface area contributed by atoms with Gasteiger partial charge in [-0.05, 0) is 30.5 Å². The molecule has 1 aliphatic carbocycles. The van der Waals surface area contributed by atoms with Gasteiger partial charge in [-0.3, -0.25) is 0 Å². The first-order chi connectivity index (χ1) is 7.70. The number of hydrogen-bond donors (Lipinski definition) is 1. The number of rotatable bonds is 2. The molecule has 1 fully saturated rings. The largest absolute Gasteiger partial charge is 0.383 e. The van der Waals surface area contributed by atoms with E-state index in [-0.39, 0.29) is 0 Å². The van der Waals surface area contributed by atoms with Crippen molar-refractivity contribution in [1.82, 2.24) is 9.78 Å². The molecule has 3 rings (SSSR count). The molecule has 0 radical (unpaired) electrons. The van der Waals surface area contributed by atoms with Crippen molar-refractivity contribution in [1.29, 1.82) is 0 Å². The molecule has 2 unspecified atom stereocenters. The Bertz CT molecular complexity index is 506. The first-order valence-electron chi connectivity index (χ1n) is 5.54. The molecule has 0 saturated heterocycles. The van der Waals surface area contributed by atoms with E-state index in [0.717, 1.165) is 17.8 Å². The average Bonchev–Trinajstić information content (AvgIpc) is 2.77. The first-order valence-corrected chi connectivity index (χ1v) is 5.54. The quantitative estimate of drug-likeness (QED) is 0.831. The van der Waals surface area contributed by atoms with Gasteiger partial charge < -0.3 is 5.11 Å². The zero-order chi connectivity index (χ0) is 11.2. The Morgan fingerprint density at radius 2 is 2.00 bits per heavy atom. The zero-order valence-electron chi connectivity index (χ0n) is 9.17. The normalized spacial score (nSPS) is 28.0. The van der Waals surface area contributed by atoms with E-state index in [9.17, 15) is 5.11 Å². The molecule has 1 aromatic heterocycles. The minimum atomic E-state index is -0.681. The molecule has 0 spiro atoms. The molecule has 16 heavy (non-hydrogen) atoms. The van der Waals surface area contributed by atoms with Gasteiger partial charge in [0.15, 0.2) is 0 Å². The highest BCUT2D eigenvalue weighted by molar-refractivity contribution is 5.32. The maximum atomic E-state index is 10.2. The molecule has 1 saturated carbocycles. The van der Waals surface area contributed by atoms with Gasteiger partial charge in [-0.15, -0.1) is 0 Å². The molecule has 1 aromatic carbocycles. The van der Waals surface area contributed by atoms with Crippen LogP contribution in [-0.2, 0) is 5.60 Å². The minimum Gasteiger partial charge on any atom is -0.383 e. The highest BCUT2D eigenvalue weighted by atomic mass is 16.3. The third kappa shape index (κ3) is 1.36. The summed E-state index contributed by atoms with van der Waals surface area (Å²) in [5.74, 6) is 0.326. The Balaban J connectivity index is 1.95. The number of para-hydroxylation sites is 1. The summed E-state index contributed by atoms with van der Waals surface area (Å²) in [6.45, 7) is 2.04. The SMILES string of the molecule is CC1CC1(O)c1ccn(-c2ccccc2)n1. The second kappa shape index (κ2) is 3.19. The van der Waals surface area contributed by atoms with Crippen LogP contribution < -0.4 is 0 Å². The van der Waals surface area contributed by atoms with Gasteiger partial charge in [0.2, 0.25) is 0 Å². The molecule has 82 valence electrons. The van der Waals surface area contributed by atoms with Crippen molar-refractivity contribution >= 4 is 0 Å². The van der Waals surface area contributed by atoms with Crippen molar-refractivity contribution in [2.75, 3.05) is 0 Å². The summed E-state index contributed by atoms with van der Waals surface area (Å²) in [7, 11) is 0. The van der Waals surface area contributed by atoms with Gasteiger partial charge in [0.1, 0.15) is 5.60 Å². The average molecular weight is 214 g/mol. The lowest BCUT2D eigenvalue weighted by molar-refractivity contribution is 0.129. The maximum absolute atomic E-state index is 10.2. The van der Waals surface area contributed by atoms with Crippen LogP contribution in [0.3, 0.4) is 0 Å². The topological polar surface area (TPSA) is 38.0 Å². The van der Waals surface area contributed by atoms with Gasteiger partial charge in [0, 0.05) is 6.20 Å². The summed E-state index contributed by atoms with van der Waals surface area (Å²) in [6, 6.07) is 11.8. The molecule has 1 aliphatic rings. The molecule has 1 heterocycles. The standard InChI is InChI=1S/C13H14N2O/c1-10-9-13(10,16)12-7-8-15(14-12)11-5-3-2-4-6-11/h2-8,10,16H,9H2,1H3. The fourth-order valence-corrected chi connectivity index (χ4v) is 2.04. The van der Waals surface area contributed by atoms with Crippen molar-refractivity contribution in [3.63, 3.8) is 0 Å². The van der Waals surface area contributed by atoms with Crippen LogP contribution in [0.15, 0.2) is 42.6 Å². The van der Waals surface area contributed by atoms with Gasteiger partial charge in [0.05, 0.1) is 11.4 Å². The van der Waals surface area contributed by atoms with E-state index in [0.29, 0.717) is 5.92 Å². The molecule has 3 heteroatoms. The van der Waals surface area contributed by atoms with Crippen LogP contribution in [0.5, 0.6) is 0 Å². The fourth-order valence-electron chi connectivity index (χ4n) is 2.04. The van der Waals surface area contributed by atoms with Gasteiger partial charge in [-0.1, -0.05) is 25.1 Å². The molecule has 3 nitrogen and oxygen atoms in total. The van der Waals surface area contributed by atoms with Crippen LogP contribution in [0.25, 0.3) is 5.69 Å². The van der Waals surface area contributed by atoms with E-state index in [2.05, 4.69) is 5.10 Å². The molecule has 0 amide bonds. The lowest BCUT2D eigenvalue weighted by atomic mass is 10.2. The van der Waals surface area contributed by atoms with Crippen LogP contribution >= 0.6 is 0 Å².